The lowest BCUT2D eigenvalue weighted by molar-refractivity contribution is -0.0138. The second-order valence-corrected chi connectivity index (χ2v) is 10.1. The lowest BCUT2D eigenvalue weighted by Gasteiger charge is -2.45. The van der Waals surface area contributed by atoms with Gasteiger partial charge in [-0.15, -0.1) is 10.2 Å². The van der Waals surface area contributed by atoms with Gasteiger partial charge in [-0.1, -0.05) is 0 Å². The molecular formula is C30H29FN6O5. The van der Waals surface area contributed by atoms with E-state index in [9.17, 15) is 14.0 Å². The Morgan fingerprint density at radius 3 is 2.43 bits per heavy atom. The minimum absolute atomic E-state index is 0.234. The molecule has 6 rings (SSSR count). The van der Waals surface area contributed by atoms with E-state index in [4.69, 9.17) is 14.2 Å². The summed E-state index contributed by atoms with van der Waals surface area (Å²) in [6.07, 6.45) is 2.28. The molecule has 0 radical (unpaired) electrons. The van der Waals surface area contributed by atoms with Gasteiger partial charge in [0.15, 0.2) is 11.6 Å². The number of Topliss-reactive ketones (excluding diaryl/α,β-unsaturated/α-hetero) is 2. The maximum Gasteiger partial charge on any atom is 0.213 e. The zero-order chi connectivity index (χ0) is 29.3. The Bertz CT molecular complexity index is 1610. The summed E-state index contributed by atoms with van der Waals surface area (Å²) in [5.41, 5.74) is 1.03. The number of hydrogen-bond acceptors (Lipinski definition) is 10. The SMILES string of the molecule is CCOc1cc(C(=O)C2C(=O)c3cc(-c4nn[nH]n4)ccc3OC23CCNCC3)cc(OCC)c1-c1ccnc(F)c1. The number of aromatic nitrogens is 5. The summed E-state index contributed by atoms with van der Waals surface area (Å²) in [4.78, 5) is 32.4. The molecule has 4 heterocycles. The van der Waals surface area contributed by atoms with E-state index in [1.807, 2.05) is 13.8 Å². The van der Waals surface area contributed by atoms with Gasteiger partial charge in [-0.25, -0.2) is 4.98 Å². The highest BCUT2D eigenvalue weighted by atomic mass is 19.1. The largest absolute Gasteiger partial charge is 0.493 e. The molecule has 2 aliphatic heterocycles. The number of nitrogens with one attached hydrogen (secondary N) is 2. The maximum atomic E-state index is 14.5. The van der Waals surface area contributed by atoms with E-state index in [0.29, 0.717) is 65.7 Å². The van der Waals surface area contributed by atoms with E-state index in [1.165, 1.54) is 12.3 Å². The number of pyridine rings is 1. The van der Waals surface area contributed by atoms with Crippen LogP contribution in [-0.2, 0) is 0 Å². The van der Waals surface area contributed by atoms with Crippen molar-refractivity contribution in [1.82, 2.24) is 30.9 Å². The Hall–Kier alpha value is -4.71. The first-order chi connectivity index (χ1) is 20.4. The number of aromatic amines is 1. The minimum Gasteiger partial charge on any atom is -0.493 e. The molecule has 216 valence electrons. The van der Waals surface area contributed by atoms with Crippen molar-refractivity contribution in [2.24, 2.45) is 5.92 Å². The van der Waals surface area contributed by atoms with Crippen LogP contribution < -0.4 is 19.5 Å². The monoisotopic (exact) mass is 572 g/mol. The molecule has 2 aromatic heterocycles. The first kappa shape index (κ1) is 27.5. The van der Waals surface area contributed by atoms with Crippen LogP contribution >= 0.6 is 0 Å². The number of hydrogen-bond donors (Lipinski definition) is 2. The summed E-state index contributed by atoms with van der Waals surface area (Å²) >= 11 is 0. The van der Waals surface area contributed by atoms with Gasteiger partial charge in [-0.05, 0) is 74.1 Å². The molecular weight excluding hydrogens is 543 g/mol. The van der Waals surface area contributed by atoms with Crippen LogP contribution in [0.15, 0.2) is 48.7 Å². The van der Waals surface area contributed by atoms with Crippen molar-refractivity contribution in [2.45, 2.75) is 32.3 Å². The van der Waals surface area contributed by atoms with Gasteiger partial charge in [0.1, 0.15) is 28.8 Å². The molecule has 12 heteroatoms. The third-order valence-corrected chi connectivity index (χ3v) is 7.63. The van der Waals surface area contributed by atoms with Gasteiger partial charge in [0.25, 0.3) is 0 Å². The highest BCUT2D eigenvalue weighted by molar-refractivity contribution is 6.19. The van der Waals surface area contributed by atoms with Gasteiger partial charge >= 0.3 is 0 Å². The number of rotatable bonds is 8. The summed E-state index contributed by atoms with van der Waals surface area (Å²) < 4.78 is 32.6. The molecule has 0 saturated carbocycles. The molecule has 42 heavy (non-hydrogen) atoms. The first-order valence-electron chi connectivity index (χ1n) is 13.9. The molecule has 1 spiro atoms. The van der Waals surface area contributed by atoms with Gasteiger partial charge in [0.05, 0.1) is 24.3 Å². The van der Waals surface area contributed by atoms with Crippen LogP contribution in [-0.4, -0.2) is 69.1 Å². The molecule has 1 atom stereocenters. The third kappa shape index (κ3) is 4.87. The number of benzene rings is 2. The van der Waals surface area contributed by atoms with Crippen LogP contribution in [0.3, 0.4) is 0 Å². The number of ether oxygens (including phenoxy) is 3. The molecule has 2 N–H and O–H groups in total. The van der Waals surface area contributed by atoms with Gasteiger partial charge in [0.2, 0.25) is 11.8 Å². The van der Waals surface area contributed by atoms with Gasteiger partial charge in [-0.2, -0.15) is 9.60 Å². The van der Waals surface area contributed by atoms with E-state index >= 15 is 0 Å². The van der Waals surface area contributed by atoms with Crippen LogP contribution in [0.5, 0.6) is 17.2 Å². The van der Waals surface area contributed by atoms with Crippen LogP contribution in [0.4, 0.5) is 4.39 Å². The van der Waals surface area contributed by atoms with E-state index in [2.05, 4.69) is 30.9 Å². The molecule has 0 bridgehead atoms. The lowest BCUT2D eigenvalue weighted by Crippen LogP contribution is -2.58. The van der Waals surface area contributed by atoms with E-state index in [0.717, 1.165) is 0 Å². The van der Waals surface area contributed by atoms with Gasteiger partial charge < -0.3 is 19.5 Å². The van der Waals surface area contributed by atoms with Crippen molar-refractivity contribution in [3.8, 4) is 39.8 Å². The average molecular weight is 573 g/mol. The molecule has 2 aliphatic rings. The number of nitrogens with zero attached hydrogens (tertiary/aromatic N) is 4. The normalized spacial score (nSPS) is 17.4. The molecule has 11 nitrogen and oxygen atoms in total. The topological polar surface area (TPSA) is 141 Å². The smallest absolute Gasteiger partial charge is 0.213 e. The Balaban J connectivity index is 1.47. The fourth-order valence-corrected chi connectivity index (χ4v) is 5.79. The van der Waals surface area contributed by atoms with E-state index in [-0.39, 0.29) is 30.1 Å². The fourth-order valence-electron chi connectivity index (χ4n) is 5.79. The average Bonchev–Trinajstić information content (AvgIpc) is 3.53. The summed E-state index contributed by atoms with van der Waals surface area (Å²) in [7, 11) is 0. The number of carbonyl (C=O) groups excluding carboxylic acids is 2. The molecule has 1 fully saturated rings. The van der Waals surface area contributed by atoms with E-state index < -0.39 is 23.2 Å². The van der Waals surface area contributed by atoms with Gasteiger partial charge in [0, 0.05) is 36.2 Å². The Kier molecular flexibility index (Phi) is 7.38. The number of tetrazole rings is 1. The zero-order valence-corrected chi connectivity index (χ0v) is 23.1. The predicted octanol–water partition coefficient (Wildman–Crippen LogP) is 4.06. The van der Waals surface area contributed by atoms with Crippen LogP contribution in [0.1, 0.15) is 47.4 Å². The first-order valence-corrected chi connectivity index (χ1v) is 13.9. The van der Waals surface area contributed by atoms with Crippen LogP contribution in [0, 0.1) is 11.9 Å². The van der Waals surface area contributed by atoms with Crippen molar-refractivity contribution in [3.63, 3.8) is 0 Å². The number of H-pyrrole nitrogens is 1. The lowest BCUT2D eigenvalue weighted by atomic mass is 9.70. The van der Waals surface area contributed by atoms with Crippen molar-refractivity contribution < 1.29 is 28.2 Å². The summed E-state index contributed by atoms with van der Waals surface area (Å²) in [5, 5.41) is 17.3. The predicted molar refractivity (Wildman–Crippen MR) is 149 cm³/mol. The number of carbonyl (C=O) groups is 2. The van der Waals surface area contributed by atoms with Crippen molar-refractivity contribution in [1.29, 1.82) is 0 Å². The molecule has 1 unspecified atom stereocenters. The third-order valence-electron chi connectivity index (χ3n) is 7.63. The molecule has 0 aliphatic carbocycles. The quantitative estimate of drug-likeness (QED) is 0.180. The summed E-state index contributed by atoms with van der Waals surface area (Å²) in [6, 6.07) is 11.2. The summed E-state index contributed by atoms with van der Waals surface area (Å²) in [6.45, 7) is 5.38. The van der Waals surface area contributed by atoms with E-state index in [1.54, 1.807) is 36.4 Å². The Morgan fingerprint density at radius 1 is 1.05 bits per heavy atom. The number of piperidine rings is 1. The highest BCUT2D eigenvalue weighted by Crippen LogP contribution is 2.46. The van der Waals surface area contributed by atoms with Crippen LogP contribution in [0.25, 0.3) is 22.5 Å². The van der Waals surface area contributed by atoms with Crippen molar-refractivity contribution in [2.75, 3.05) is 26.3 Å². The second-order valence-electron chi connectivity index (χ2n) is 10.1. The zero-order valence-electron chi connectivity index (χ0n) is 23.1. The maximum absolute atomic E-state index is 14.5. The fraction of sp³-hybridized carbons (Fsp3) is 0.333. The standard InChI is InChI=1S/C30H29FN6O5/c1-3-40-22-14-19(15-23(41-4-2)25(22)17-7-10-33-24(31)16-17)27(38)26-28(39)20-13-18(29-34-36-37-35-29)5-6-21(20)42-30(26)8-11-32-12-9-30/h5-7,10,13-16,26,32H,3-4,8-9,11-12H2,1-2H3,(H,34,35,36,37). The number of ketones is 2. The molecule has 2 aromatic carbocycles. The highest BCUT2D eigenvalue weighted by Gasteiger charge is 2.54. The summed E-state index contributed by atoms with van der Waals surface area (Å²) in [5.74, 6) is -1.13. The Morgan fingerprint density at radius 2 is 1.79 bits per heavy atom. The number of halogens is 1. The molecule has 0 amide bonds. The number of fused-ring (bicyclic) bond motifs is 1. The van der Waals surface area contributed by atoms with Crippen molar-refractivity contribution >= 4 is 11.6 Å². The van der Waals surface area contributed by atoms with Crippen molar-refractivity contribution in [3.05, 3.63) is 65.7 Å². The van der Waals surface area contributed by atoms with Crippen LogP contribution in [0.2, 0.25) is 0 Å². The second kappa shape index (κ2) is 11.3. The molecule has 1 saturated heterocycles. The van der Waals surface area contributed by atoms with Gasteiger partial charge in [-0.3, -0.25) is 9.59 Å². The molecule has 4 aromatic rings. The minimum atomic E-state index is -1.12. The Labute approximate surface area is 240 Å².